The van der Waals surface area contributed by atoms with Crippen LogP contribution in [0.5, 0.6) is 0 Å². The zero-order valence-corrected chi connectivity index (χ0v) is 14.5. The van der Waals surface area contributed by atoms with Gasteiger partial charge in [0.1, 0.15) is 0 Å². The molecule has 8 heteroatoms. The number of rotatable bonds is 3. The van der Waals surface area contributed by atoms with Crippen LogP contribution in [0.1, 0.15) is 16.8 Å². The van der Waals surface area contributed by atoms with Gasteiger partial charge in [-0.1, -0.05) is 11.6 Å². The number of benzene rings is 2. The van der Waals surface area contributed by atoms with Gasteiger partial charge in [-0.15, -0.1) is 0 Å². The number of sulfone groups is 1. The number of halogens is 3. The van der Waals surface area contributed by atoms with Crippen molar-refractivity contribution in [3.63, 3.8) is 0 Å². The Balaban J connectivity index is 1.77. The monoisotopic (exact) mass is 385 g/mol. The molecule has 1 saturated heterocycles. The summed E-state index contributed by atoms with van der Waals surface area (Å²) in [5, 5.41) is -0.316. The maximum absolute atomic E-state index is 13.3. The molecular formula is C17H14ClF2NO3S. The third kappa shape index (κ3) is 3.52. The number of hydrogen-bond donors (Lipinski definition) is 0. The number of carbonyl (C=O) groups excluding carboxylic acids is 1. The lowest BCUT2D eigenvalue weighted by molar-refractivity contribution is 0.0792. The van der Waals surface area contributed by atoms with Crippen molar-refractivity contribution in [2.75, 3.05) is 13.1 Å². The highest BCUT2D eigenvalue weighted by Crippen LogP contribution is 2.26. The molecular weight excluding hydrogens is 372 g/mol. The fourth-order valence-corrected chi connectivity index (χ4v) is 4.61. The summed E-state index contributed by atoms with van der Waals surface area (Å²) >= 11 is 5.77. The van der Waals surface area contributed by atoms with Crippen molar-refractivity contribution >= 4 is 27.3 Å². The summed E-state index contributed by atoms with van der Waals surface area (Å²) in [5.41, 5.74) is -0.0107. The number of nitrogens with zero attached hydrogens (tertiary/aromatic N) is 1. The summed E-state index contributed by atoms with van der Waals surface area (Å²) in [4.78, 5) is 13.9. The maximum atomic E-state index is 13.3. The smallest absolute Gasteiger partial charge is 0.254 e. The average Bonchev–Trinajstić information content (AvgIpc) is 3.08. The van der Waals surface area contributed by atoms with Crippen LogP contribution in [0, 0.1) is 11.6 Å². The van der Waals surface area contributed by atoms with Gasteiger partial charge in [-0.25, -0.2) is 17.2 Å². The van der Waals surface area contributed by atoms with Gasteiger partial charge in [0.05, 0.1) is 10.1 Å². The molecule has 25 heavy (non-hydrogen) atoms. The topological polar surface area (TPSA) is 54.5 Å². The molecule has 1 fully saturated rings. The highest BCUT2D eigenvalue weighted by molar-refractivity contribution is 7.92. The Bertz CT molecular complexity index is 916. The van der Waals surface area contributed by atoms with E-state index >= 15 is 0 Å². The lowest BCUT2D eigenvalue weighted by atomic mass is 10.2. The van der Waals surface area contributed by atoms with Gasteiger partial charge < -0.3 is 4.90 Å². The van der Waals surface area contributed by atoms with Gasteiger partial charge >= 0.3 is 0 Å². The van der Waals surface area contributed by atoms with Crippen molar-refractivity contribution < 1.29 is 22.0 Å². The first-order chi connectivity index (χ1) is 11.8. The minimum atomic E-state index is -3.61. The fraction of sp³-hybridized carbons (Fsp3) is 0.235. The lowest BCUT2D eigenvalue weighted by Gasteiger charge is -2.17. The van der Waals surface area contributed by atoms with E-state index in [0.29, 0.717) is 5.02 Å². The van der Waals surface area contributed by atoms with Gasteiger partial charge in [-0.05, 0) is 48.9 Å². The molecule has 1 atom stereocenters. The molecule has 1 amide bonds. The second-order valence-electron chi connectivity index (χ2n) is 5.79. The lowest BCUT2D eigenvalue weighted by Crippen LogP contribution is -2.32. The Morgan fingerprint density at radius 3 is 2.40 bits per heavy atom. The molecule has 4 nitrogen and oxygen atoms in total. The Kier molecular flexibility index (Phi) is 4.79. The molecule has 1 heterocycles. The molecule has 2 aromatic rings. The zero-order valence-electron chi connectivity index (χ0n) is 13.0. The second-order valence-corrected chi connectivity index (χ2v) is 8.45. The third-order valence-corrected chi connectivity index (χ3v) is 6.62. The van der Waals surface area contributed by atoms with Crippen LogP contribution in [0.15, 0.2) is 47.4 Å². The molecule has 0 saturated carbocycles. The Morgan fingerprint density at radius 1 is 1.08 bits per heavy atom. The van der Waals surface area contributed by atoms with E-state index in [0.717, 1.165) is 12.1 Å². The largest absolute Gasteiger partial charge is 0.337 e. The minimum absolute atomic E-state index is 0.00277. The van der Waals surface area contributed by atoms with Gasteiger partial charge in [0.2, 0.25) is 0 Å². The second kappa shape index (κ2) is 6.72. The number of hydrogen-bond acceptors (Lipinski definition) is 3. The van der Waals surface area contributed by atoms with Gasteiger partial charge in [0, 0.05) is 23.7 Å². The Hall–Kier alpha value is -1.99. The van der Waals surface area contributed by atoms with E-state index < -0.39 is 32.6 Å². The van der Waals surface area contributed by atoms with E-state index in [-0.39, 0.29) is 30.0 Å². The summed E-state index contributed by atoms with van der Waals surface area (Å²) in [6.07, 6.45) is 0.278. The van der Waals surface area contributed by atoms with E-state index in [1.807, 2.05) is 0 Å². The van der Waals surface area contributed by atoms with Crippen LogP contribution in [-0.4, -0.2) is 37.6 Å². The van der Waals surface area contributed by atoms with Crippen molar-refractivity contribution in [2.45, 2.75) is 16.6 Å². The van der Waals surface area contributed by atoms with Crippen molar-refractivity contribution in [3.8, 4) is 0 Å². The normalized spacial score (nSPS) is 17.7. The SMILES string of the molecule is O=C(c1ccc(F)c(F)c1)N1CCC(S(=O)(=O)c2ccc(Cl)cc2)C1. The minimum Gasteiger partial charge on any atom is -0.337 e. The summed E-state index contributed by atoms with van der Waals surface area (Å²) in [5.74, 6) is -2.68. The third-order valence-electron chi connectivity index (χ3n) is 4.18. The Labute approximate surface area is 148 Å². The average molecular weight is 386 g/mol. The summed E-state index contributed by atoms with van der Waals surface area (Å²) in [6, 6.07) is 8.72. The first-order valence-electron chi connectivity index (χ1n) is 7.53. The highest BCUT2D eigenvalue weighted by atomic mass is 35.5. The summed E-state index contributed by atoms with van der Waals surface area (Å²) in [6.45, 7) is 0.234. The molecule has 2 aromatic carbocycles. The van der Waals surface area contributed by atoms with Crippen LogP contribution in [0.2, 0.25) is 5.02 Å². The highest BCUT2D eigenvalue weighted by Gasteiger charge is 2.36. The Morgan fingerprint density at radius 2 is 1.76 bits per heavy atom. The molecule has 132 valence electrons. The molecule has 3 rings (SSSR count). The van der Waals surface area contributed by atoms with Crippen LogP contribution in [0.25, 0.3) is 0 Å². The standard InChI is InChI=1S/C17H14ClF2NO3S/c18-12-2-4-13(5-3-12)25(23,24)14-7-8-21(10-14)17(22)11-1-6-15(19)16(20)9-11/h1-6,9,14H,7-8,10H2. The van der Waals surface area contributed by atoms with E-state index in [1.165, 1.54) is 35.2 Å². The van der Waals surface area contributed by atoms with Crippen LogP contribution in [0.3, 0.4) is 0 Å². The molecule has 0 aromatic heterocycles. The molecule has 1 unspecified atom stereocenters. The fourth-order valence-electron chi connectivity index (χ4n) is 2.79. The summed E-state index contributed by atoms with van der Waals surface area (Å²) < 4.78 is 51.6. The van der Waals surface area contributed by atoms with E-state index in [2.05, 4.69) is 0 Å². The van der Waals surface area contributed by atoms with Gasteiger partial charge in [-0.2, -0.15) is 0 Å². The number of likely N-dealkylation sites (tertiary alicyclic amines) is 1. The van der Waals surface area contributed by atoms with E-state index in [4.69, 9.17) is 11.6 Å². The predicted octanol–water partition coefficient (Wildman–Crippen LogP) is 3.31. The molecule has 0 N–H and O–H groups in total. The molecule has 1 aliphatic heterocycles. The van der Waals surface area contributed by atoms with Crippen molar-refractivity contribution in [3.05, 3.63) is 64.7 Å². The number of amides is 1. The van der Waals surface area contributed by atoms with E-state index in [9.17, 15) is 22.0 Å². The van der Waals surface area contributed by atoms with Gasteiger partial charge in [0.25, 0.3) is 5.91 Å². The maximum Gasteiger partial charge on any atom is 0.254 e. The molecule has 0 spiro atoms. The van der Waals surface area contributed by atoms with Crippen molar-refractivity contribution in [2.24, 2.45) is 0 Å². The molecule has 0 radical (unpaired) electrons. The van der Waals surface area contributed by atoms with E-state index in [1.54, 1.807) is 0 Å². The number of carbonyl (C=O) groups is 1. The van der Waals surface area contributed by atoms with Crippen LogP contribution in [-0.2, 0) is 9.84 Å². The summed E-state index contributed by atoms with van der Waals surface area (Å²) in [7, 11) is -3.61. The van der Waals surface area contributed by atoms with Crippen LogP contribution < -0.4 is 0 Å². The zero-order chi connectivity index (χ0) is 18.2. The van der Waals surface area contributed by atoms with Gasteiger partial charge in [0.15, 0.2) is 21.5 Å². The molecule has 0 bridgehead atoms. The first-order valence-corrected chi connectivity index (χ1v) is 9.45. The van der Waals surface area contributed by atoms with Gasteiger partial charge in [-0.3, -0.25) is 4.79 Å². The molecule has 0 aliphatic carbocycles. The van der Waals surface area contributed by atoms with Crippen molar-refractivity contribution in [1.82, 2.24) is 4.90 Å². The van der Waals surface area contributed by atoms with Crippen LogP contribution >= 0.6 is 11.6 Å². The van der Waals surface area contributed by atoms with Crippen LogP contribution in [0.4, 0.5) is 8.78 Å². The first kappa shape index (κ1) is 17.8. The van der Waals surface area contributed by atoms with Crippen molar-refractivity contribution in [1.29, 1.82) is 0 Å². The molecule has 1 aliphatic rings. The quantitative estimate of drug-likeness (QED) is 0.814. The predicted molar refractivity (Wildman–Crippen MR) is 89.3 cm³/mol.